The fourth-order valence-electron chi connectivity index (χ4n) is 5.37. The maximum Gasteiger partial charge on any atom is 0.275 e. The molecule has 0 N–H and O–H groups in total. The lowest BCUT2D eigenvalue weighted by Crippen LogP contribution is -2.41. The Kier molecular flexibility index (Phi) is 7.86. The van der Waals surface area contributed by atoms with Crippen molar-refractivity contribution < 1.29 is 9.47 Å². The van der Waals surface area contributed by atoms with Gasteiger partial charge in [-0.15, -0.1) is 11.3 Å². The van der Waals surface area contributed by atoms with Crippen molar-refractivity contribution in [3.63, 3.8) is 0 Å². The summed E-state index contributed by atoms with van der Waals surface area (Å²) in [6, 6.07) is 15.9. The van der Waals surface area contributed by atoms with Crippen LogP contribution in [0.25, 0.3) is 26.3 Å². The molecule has 6 nitrogen and oxygen atoms in total. The fourth-order valence-corrected chi connectivity index (χ4v) is 6.42. The van der Waals surface area contributed by atoms with Gasteiger partial charge in [-0.3, -0.25) is 14.3 Å². The first-order chi connectivity index (χ1) is 18.4. The molecule has 0 saturated carbocycles. The summed E-state index contributed by atoms with van der Waals surface area (Å²) in [5.74, 6) is 1.29. The van der Waals surface area contributed by atoms with Crippen molar-refractivity contribution in [1.82, 2.24) is 14.5 Å². The monoisotopic (exact) mass is 531 g/mol. The minimum Gasteiger partial charge on any atom is -0.493 e. The van der Waals surface area contributed by atoms with E-state index in [4.69, 9.17) is 9.47 Å². The molecule has 200 valence electrons. The van der Waals surface area contributed by atoms with E-state index < -0.39 is 0 Å². The Balaban J connectivity index is 1.29. The van der Waals surface area contributed by atoms with E-state index in [-0.39, 0.29) is 5.56 Å². The summed E-state index contributed by atoms with van der Waals surface area (Å²) in [4.78, 5) is 21.5. The first-order valence-corrected chi connectivity index (χ1v) is 14.4. The van der Waals surface area contributed by atoms with Gasteiger partial charge in [0.1, 0.15) is 17.6 Å². The van der Waals surface area contributed by atoms with E-state index in [9.17, 15) is 4.79 Å². The van der Waals surface area contributed by atoms with E-state index in [0.717, 1.165) is 30.1 Å². The summed E-state index contributed by atoms with van der Waals surface area (Å²) in [7, 11) is 1.63. The predicted molar refractivity (Wildman–Crippen MR) is 156 cm³/mol. The summed E-state index contributed by atoms with van der Waals surface area (Å²) in [5.41, 5.74) is 4.15. The molecule has 0 spiro atoms. The lowest BCUT2D eigenvalue weighted by Gasteiger charge is -2.41. The van der Waals surface area contributed by atoms with Gasteiger partial charge >= 0.3 is 0 Å². The number of likely N-dealkylation sites (tertiary alicyclic amines) is 1. The predicted octanol–water partition coefficient (Wildman–Crippen LogP) is 6.71. The van der Waals surface area contributed by atoms with Gasteiger partial charge in [0.25, 0.3) is 5.56 Å². The van der Waals surface area contributed by atoms with Crippen molar-refractivity contribution in [2.24, 2.45) is 5.41 Å². The van der Waals surface area contributed by atoms with Gasteiger partial charge in [0, 0.05) is 17.5 Å². The highest BCUT2D eigenvalue weighted by atomic mass is 32.1. The lowest BCUT2D eigenvalue weighted by atomic mass is 9.74. The smallest absolute Gasteiger partial charge is 0.275 e. The zero-order valence-electron chi connectivity index (χ0n) is 22.8. The molecule has 0 radical (unpaired) electrons. The molecule has 0 amide bonds. The van der Waals surface area contributed by atoms with Gasteiger partial charge < -0.3 is 9.47 Å². The van der Waals surface area contributed by atoms with Gasteiger partial charge in [-0.1, -0.05) is 56.5 Å². The second kappa shape index (κ2) is 11.3. The van der Waals surface area contributed by atoms with Crippen molar-refractivity contribution >= 4 is 21.6 Å². The molecule has 2 aromatic heterocycles. The molecule has 0 aliphatic carbocycles. The average molecular weight is 532 g/mol. The van der Waals surface area contributed by atoms with Crippen molar-refractivity contribution in [3.05, 3.63) is 70.8 Å². The molecule has 0 unspecified atom stereocenters. The van der Waals surface area contributed by atoms with Crippen LogP contribution in [-0.2, 0) is 0 Å². The molecule has 0 bridgehead atoms. The molecule has 4 aromatic rings. The zero-order valence-corrected chi connectivity index (χ0v) is 23.6. The van der Waals surface area contributed by atoms with Crippen LogP contribution in [0.2, 0.25) is 0 Å². The lowest BCUT2D eigenvalue weighted by molar-refractivity contribution is 0.0847. The Hall–Kier alpha value is -3.16. The maximum absolute atomic E-state index is 13.4. The van der Waals surface area contributed by atoms with E-state index in [2.05, 4.69) is 54.9 Å². The van der Waals surface area contributed by atoms with Crippen LogP contribution < -0.4 is 15.0 Å². The van der Waals surface area contributed by atoms with Crippen LogP contribution in [0.3, 0.4) is 0 Å². The first kappa shape index (κ1) is 26.4. The Morgan fingerprint density at radius 2 is 1.74 bits per heavy atom. The number of hydrogen-bond acceptors (Lipinski definition) is 6. The van der Waals surface area contributed by atoms with Crippen LogP contribution in [-0.4, -0.2) is 47.8 Å². The molecule has 7 heteroatoms. The van der Waals surface area contributed by atoms with Crippen molar-refractivity contribution in [1.29, 1.82) is 0 Å². The van der Waals surface area contributed by atoms with Crippen LogP contribution in [0.4, 0.5) is 0 Å². The standard InChI is InChI=1S/C31H37N3O3S/c1-5-31(6-2)13-15-33(16-14-31)17-18-37-26-12-11-24(19-27(26)36-4)34-21-32-25-20-28(38-29(25)30(34)35)23-9-7-22(3)8-10-23/h7-12,19-21H,5-6,13-18H2,1-4H3. The molecule has 1 saturated heterocycles. The molecule has 1 aliphatic rings. The van der Waals surface area contributed by atoms with Gasteiger partial charge in [-0.05, 0) is 62.0 Å². The van der Waals surface area contributed by atoms with Crippen LogP contribution >= 0.6 is 11.3 Å². The van der Waals surface area contributed by atoms with Crippen LogP contribution in [0, 0.1) is 12.3 Å². The Labute approximate surface area is 228 Å². The molecular formula is C31H37N3O3S. The number of piperidine rings is 1. The number of ether oxygens (including phenoxy) is 2. The maximum atomic E-state index is 13.4. The van der Waals surface area contributed by atoms with E-state index in [1.165, 1.54) is 42.6 Å². The first-order valence-electron chi connectivity index (χ1n) is 13.6. The summed E-state index contributed by atoms with van der Waals surface area (Å²) in [5, 5.41) is 0. The van der Waals surface area contributed by atoms with Crippen LogP contribution in [0.5, 0.6) is 11.5 Å². The second-order valence-corrected chi connectivity index (χ2v) is 11.4. The summed E-state index contributed by atoms with van der Waals surface area (Å²) in [6.45, 7) is 10.5. The number of aromatic nitrogens is 2. The number of thiophene rings is 1. The van der Waals surface area contributed by atoms with Crippen molar-refractivity contribution in [3.8, 4) is 27.6 Å². The highest BCUT2D eigenvalue weighted by molar-refractivity contribution is 7.22. The van der Waals surface area contributed by atoms with E-state index in [1.807, 2.05) is 24.3 Å². The van der Waals surface area contributed by atoms with E-state index >= 15 is 0 Å². The van der Waals surface area contributed by atoms with Gasteiger partial charge in [0.05, 0.1) is 18.3 Å². The normalized spacial score (nSPS) is 15.6. The SMILES string of the molecule is CCC1(CC)CCN(CCOc2ccc(-n3cnc4cc(-c5ccc(C)cc5)sc4c3=O)cc2OC)CC1. The van der Waals surface area contributed by atoms with Crippen LogP contribution in [0.15, 0.2) is 59.7 Å². The summed E-state index contributed by atoms with van der Waals surface area (Å²) < 4.78 is 14.0. The third-order valence-corrected chi connectivity index (χ3v) is 9.44. The van der Waals surface area contributed by atoms with E-state index in [0.29, 0.717) is 39.4 Å². The molecule has 1 fully saturated rings. The second-order valence-electron chi connectivity index (χ2n) is 10.3. The molecule has 38 heavy (non-hydrogen) atoms. The quantitative estimate of drug-likeness (QED) is 0.240. The minimum atomic E-state index is -0.0885. The fraction of sp³-hybridized carbons (Fsp3) is 0.419. The van der Waals surface area contributed by atoms with Crippen molar-refractivity contribution in [2.75, 3.05) is 33.4 Å². The molecule has 1 aliphatic heterocycles. The topological polar surface area (TPSA) is 56.6 Å². The molecule has 5 rings (SSSR count). The highest BCUT2D eigenvalue weighted by Crippen LogP contribution is 2.38. The molecule has 3 heterocycles. The number of methoxy groups -OCH3 is 1. The number of rotatable bonds is 9. The summed E-state index contributed by atoms with van der Waals surface area (Å²) in [6.07, 6.45) is 6.66. The Bertz CT molecular complexity index is 1440. The van der Waals surface area contributed by atoms with Crippen LogP contribution in [0.1, 0.15) is 45.1 Å². The van der Waals surface area contributed by atoms with E-state index in [1.54, 1.807) is 18.0 Å². The number of nitrogens with zero attached hydrogens (tertiary/aromatic N) is 3. The van der Waals surface area contributed by atoms with Gasteiger partial charge in [0.15, 0.2) is 11.5 Å². The average Bonchev–Trinajstić information content (AvgIpc) is 3.40. The zero-order chi connectivity index (χ0) is 26.7. The Morgan fingerprint density at radius 1 is 1.00 bits per heavy atom. The van der Waals surface area contributed by atoms with Gasteiger partial charge in [0.2, 0.25) is 0 Å². The van der Waals surface area contributed by atoms with Crippen molar-refractivity contribution in [2.45, 2.75) is 46.5 Å². The molecular weight excluding hydrogens is 494 g/mol. The number of aryl methyl sites for hydroxylation is 1. The Morgan fingerprint density at radius 3 is 2.42 bits per heavy atom. The summed E-state index contributed by atoms with van der Waals surface area (Å²) >= 11 is 1.48. The van der Waals surface area contributed by atoms with Gasteiger partial charge in [-0.25, -0.2) is 4.98 Å². The minimum absolute atomic E-state index is 0.0885. The molecule has 2 aromatic carbocycles. The third-order valence-electron chi connectivity index (χ3n) is 8.28. The number of fused-ring (bicyclic) bond motifs is 1. The largest absolute Gasteiger partial charge is 0.493 e. The van der Waals surface area contributed by atoms with Gasteiger partial charge in [-0.2, -0.15) is 0 Å². The third kappa shape index (κ3) is 5.36. The highest BCUT2D eigenvalue weighted by Gasteiger charge is 2.30. The number of hydrogen-bond donors (Lipinski definition) is 0. The number of benzene rings is 2. The molecule has 0 atom stereocenters.